The third-order valence-electron chi connectivity index (χ3n) is 0. The molecular weight excluding hydrogens is 418 g/mol. The van der Waals surface area contributed by atoms with Crippen molar-refractivity contribution >= 4 is 29.6 Å². The summed E-state index contributed by atoms with van der Waals surface area (Å²) in [4.78, 5) is 0. The molecule has 19 heteroatoms. The summed E-state index contributed by atoms with van der Waals surface area (Å²) in [5.41, 5.74) is 0. The van der Waals surface area contributed by atoms with Crippen LogP contribution < -0.4 is 0 Å². The zero-order chi connectivity index (χ0) is 17.0. The van der Waals surface area contributed by atoms with Gasteiger partial charge in [0.2, 0.25) is 0 Å². The van der Waals surface area contributed by atoms with Crippen molar-refractivity contribution < 1.29 is 77.9 Å². The van der Waals surface area contributed by atoms with Gasteiger partial charge < -0.3 is 52.5 Å². The molecule has 0 fully saturated rings. The summed E-state index contributed by atoms with van der Waals surface area (Å²) in [5.74, 6) is 0. The van der Waals surface area contributed by atoms with Crippen LogP contribution in [0, 0.1) is 6.92 Å². The normalized spacial score (nSPS) is 5.45. The van der Waals surface area contributed by atoms with Gasteiger partial charge >= 0.3 is 29.6 Å². The Hall–Kier alpha value is -0.148. The van der Waals surface area contributed by atoms with Gasteiger partial charge in [-0.05, 0) is 0 Å². The smallest absolute Gasteiger partial charge is 0.674 e. The van der Waals surface area contributed by atoms with Gasteiger partial charge in [0, 0.05) is 20.4 Å². The summed E-state index contributed by atoms with van der Waals surface area (Å²) in [6.45, 7) is 6.50. The van der Waals surface area contributed by atoms with E-state index in [1.165, 1.54) is 6.08 Å². The molecule has 0 unspecified atom stereocenters. The van der Waals surface area contributed by atoms with Gasteiger partial charge in [-0.1, -0.05) is 0 Å². The number of hydrogen-bond donors (Lipinski definition) is 8. The number of hydrogen-bond acceptors (Lipinski definition) is 8. The molecule has 0 spiro atoms. The van der Waals surface area contributed by atoms with Crippen LogP contribution in [0.1, 0.15) is 0 Å². The Kier molecular flexibility index (Phi) is 112. The SMILES string of the molecule is C=C[CH2-].OB(O)F.OB(O)F.OB(O)F.OB(O)F.[NH2-].[NH2-].[Pd]. The molecule has 12 N–H and O–H groups in total. The average Bonchev–Trinajstić information content (AvgIpc) is 1.97. The molecule has 0 aliphatic carbocycles. The molecule has 0 aromatic carbocycles. The Labute approximate surface area is 140 Å². The van der Waals surface area contributed by atoms with Gasteiger partial charge in [-0.25, -0.2) is 19.6 Å². The topological polar surface area (TPSA) is 229 Å². The van der Waals surface area contributed by atoms with Crippen molar-refractivity contribution in [2.75, 3.05) is 0 Å². The second-order valence-electron chi connectivity index (χ2n) is 1.53. The molecule has 0 saturated carbocycles. The Balaban J connectivity index is -0.0000000180. The van der Waals surface area contributed by atoms with Gasteiger partial charge in [-0.3, -0.25) is 17.3 Å². The monoisotopic (exact) mass is 435 g/mol. The van der Waals surface area contributed by atoms with Crippen molar-refractivity contribution in [3.8, 4) is 0 Å². The van der Waals surface area contributed by atoms with Crippen LogP contribution in [0.15, 0.2) is 12.7 Å². The molecule has 0 rings (SSSR count). The van der Waals surface area contributed by atoms with Gasteiger partial charge in [-0.2, -0.15) is 0 Å². The van der Waals surface area contributed by atoms with Crippen LogP contribution in [0.25, 0.3) is 12.3 Å². The Morgan fingerprint density at radius 3 is 0.636 bits per heavy atom. The first-order chi connectivity index (χ1) is 8.34. The van der Waals surface area contributed by atoms with E-state index in [9.17, 15) is 17.3 Å². The minimum Gasteiger partial charge on any atom is -0.693 e. The predicted molar refractivity (Wildman–Crippen MR) is 71.3 cm³/mol. The summed E-state index contributed by atoms with van der Waals surface area (Å²) in [5, 5.41) is 55.6. The van der Waals surface area contributed by atoms with Crippen LogP contribution in [-0.2, 0) is 20.4 Å². The number of halogens is 4. The molecule has 0 aromatic heterocycles. The Morgan fingerprint density at radius 2 is 0.636 bits per heavy atom. The fourth-order valence-electron chi connectivity index (χ4n) is 0. The average molecular weight is 435 g/mol. The van der Waals surface area contributed by atoms with Crippen molar-refractivity contribution in [3.05, 3.63) is 31.9 Å². The maximum absolute atomic E-state index is 10.1. The largest absolute Gasteiger partial charge is 0.693 e. The standard InChI is InChI=1S/C3H5.4BFH2O2.2H2N.Pd/c1-3-2;4*2-1(3)4;;;/h3H,1-2H2;4*3-4H;2*1H2;/q-1;;;;;2*-1;. The molecule has 0 saturated heterocycles. The molecule has 140 valence electrons. The molecule has 0 amide bonds. The van der Waals surface area contributed by atoms with E-state index in [1.54, 1.807) is 0 Å². The maximum Gasteiger partial charge on any atom is 0.674 e. The van der Waals surface area contributed by atoms with Crippen LogP contribution >= 0.6 is 0 Å². The number of allylic oxidation sites excluding steroid dienone is 1. The van der Waals surface area contributed by atoms with Crippen molar-refractivity contribution in [1.29, 1.82) is 0 Å². The first-order valence-electron chi connectivity index (χ1n) is 3.75. The molecule has 0 aliphatic heterocycles. The van der Waals surface area contributed by atoms with Gasteiger partial charge in [0.15, 0.2) is 0 Å². The van der Waals surface area contributed by atoms with E-state index in [1.807, 2.05) is 0 Å². The van der Waals surface area contributed by atoms with Crippen molar-refractivity contribution in [2.24, 2.45) is 0 Å². The van der Waals surface area contributed by atoms with Crippen LogP contribution in [0.3, 0.4) is 0 Å². The molecule has 0 bridgehead atoms. The molecule has 0 aliphatic rings. The van der Waals surface area contributed by atoms with Crippen LogP contribution in [0.4, 0.5) is 17.3 Å². The Morgan fingerprint density at radius 1 is 0.636 bits per heavy atom. The van der Waals surface area contributed by atoms with Gasteiger partial charge in [0.1, 0.15) is 0 Å². The summed E-state index contributed by atoms with van der Waals surface area (Å²) < 4.78 is 40.4. The molecule has 0 radical (unpaired) electrons. The minimum absolute atomic E-state index is 0. The Bertz CT molecular complexity index is 124. The molecule has 0 aromatic rings. The van der Waals surface area contributed by atoms with Gasteiger partial charge in [0.05, 0.1) is 0 Å². The summed E-state index contributed by atoms with van der Waals surface area (Å²) in [7, 11) is -10.7. The third-order valence-corrected chi connectivity index (χ3v) is 0. The van der Waals surface area contributed by atoms with Crippen LogP contribution in [0.2, 0.25) is 0 Å². The van der Waals surface area contributed by atoms with E-state index in [0.717, 1.165) is 0 Å². The minimum atomic E-state index is -2.67. The first kappa shape index (κ1) is 49.5. The van der Waals surface area contributed by atoms with Gasteiger partial charge in [0.25, 0.3) is 0 Å². The first-order valence-corrected chi connectivity index (χ1v) is 3.75. The zero-order valence-corrected chi connectivity index (χ0v) is 12.4. The van der Waals surface area contributed by atoms with E-state index in [0.29, 0.717) is 0 Å². The molecule has 10 nitrogen and oxygen atoms in total. The van der Waals surface area contributed by atoms with E-state index < -0.39 is 29.6 Å². The van der Waals surface area contributed by atoms with Crippen LogP contribution in [0.5, 0.6) is 0 Å². The molecular formula is C3H17B4F4N2O8Pd-3. The second-order valence-corrected chi connectivity index (χ2v) is 1.53. The summed E-state index contributed by atoms with van der Waals surface area (Å²) >= 11 is 0. The number of rotatable bonds is 0. The third kappa shape index (κ3) is 322000. The van der Waals surface area contributed by atoms with Crippen LogP contribution in [-0.4, -0.2) is 69.8 Å². The van der Waals surface area contributed by atoms with Crippen molar-refractivity contribution in [1.82, 2.24) is 0 Å². The van der Waals surface area contributed by atoms with Crippen molar-refractivity contribution in [3.63, 3.8) is 0 Å². The van der Waals surface area contributed by atoms with Crippen molar-refractivity contribution in [2.45, 2.75) is 0 Å². The fourth-order valence-corrected chi connectivity index (χ4v) is 0. The zero-order valence-electron chi connectivity index (χ0n) is 10.9. The second kappa shape index (κ2) is 49.8. The fraction of sp³-hybridized carbons (Fsp3) is 0. The quantitative estimate of drug-likeness (QED) is 0.122. The maximum atomic E-state index is 10.1. The van der Waals surface area contributed by atoms with E-state index >= 15 is 0 Å². The molecule has 22 heavy (non-hydrogen) atoms. The van der Waals surface area contributed by atoms with E-state index in [2.05, 4.69) is 13.5 Å². The summed E-state index contributed by atoms with van der Waals surface area (Å²) in [6.07, 6.45) is 1.50. The summed E-state index contributed by atoms with van der Waals surface area (Å²) in [6, 6.07) is 0. The van der Waals surface area contributed by atoms with E-state index in [-0.39, 0.29) is 32.7 Å². The number of nitrogens with two attached hydrogens (primary N) is 2. The van der Waals surface area contributed by atoms with Gasteiger partial charge in [-0.15, -0.1) is 0 Å². The molecule has 0 heterocycles. The molecule has 0 atom stereocenters. The predicted octanol–water partition coefficient (Wildman–Crippen LogP) is -1.86. The van der Waals surface area contributed by atoms with E-state index in [4.69, 9.17) is 40.2 Å².